The lowest BCUT2D eigenvalue weighted by atomic mass is 9.77. The van der Waals surface area contributed by atoms with Crippen molar-refractivity contribution in [3.05, 3.63) is 29.8 Å². The smallest absolute Gasteiger partial charge is 0.412 e. The van der Waals surface area contributed by atoms with E-state index in [0.717, 1.165) is 68.4 Å². The number of nitrogens with zero attached hydrogens (tertiary/aromatic N) is 4. The Morgan fingerprint density at radius 3 is 2.45 bits per heavy atom. The van der Waals surface area contributed by atoms with Gasteiger partial charge in [0.05, 0.1) is 11.0 Å². The molecule has 3 fully saturated rings. The van der Waals surface area contributed by atoms with Gasteiger partial charge in [0.1, 0.15) is 5.00 Å². The molecule has 2 aromatic rings. The maximum atomic E-state index is 14.0. The highest BCUT2D eigenvalue weighted by molar-refractivity contribution is 7.23. The number of hydrogen-bond donors (Lipinski definition) is 1. The molecule has 38 heavy (non-hydrogen) atoms. The van der Waals surface area contributed by atoms with Gasteiger partial charge in [0.25, 0.3) is 5.91 Å². The van der Waals surface area contributed by atoms with Crippen LogP contribution in [0.5, 0.6) is 0 Å². The molecule has 0 bridgehead atoms. The van der Waals surface area contributed by atoms with Crippen LogP contribution >= 0.6 is 11.3 Å². The average Bonchev–Trinajstić information content (AvgIpc) is 3.40. The number of rotatable bonds is 4. The van der Waals surface area contributed by atoms with Crippen molar-refractivity contribution in [1.82, 2.24) is 14.7 Å². The molecule has 0 saturated carbocycles. The maximum Gasteiger partial charge on any atom is 0.412 e. The van der Waals surface area contributed by atoms with E-state index in [9.17, 15) is 19.5 Å². The summed E-state index contributed by atoms with van der Waals surface area (Å²) >= 11 is 1.37. The van der Waals surface area contributed by atoms with Crippen LogP contribution in [0.1, 0.15) is 70.2 Å². The molecule has 1 N–H and O–H groups in total. The van der Waals surface area contributed by atoms with Crippen LogP contribution in [0, 0.1) is 5.41 Å². The molecule has 5 rings (SSSR count). The predicted octanol–water partition coefficient (Wildman–Crippen LogP) is 5.12. The number of amides is 3. The zero-order valence-corrected chi connectivity index (χ0v) is 23.9. The molecule has 0 radical (unpaired) electrons. The van der Waals surface area contributed by atoms with Crippen LogP contribution in [-0.4, -0.2) is 88.6 Å². The Labute approximate surface area is 229 Å². The van der Waals surface area contributed by atoms with E-state index in [2.05, 4.69) is 11.8 Å². The fourth-order valence-electron chi connectivity index (χ4n) is 6.72. The van der Waals surface area contributed by atoms with Crippen molar-refractivity contribution in [3.63, 3.8) is 0 Å². The van der Waals surface area contributed by atoms with Crippen LogP contribution in [0.15, 0.2) is 24.3 Å². The van der Waals surface area contributed by atoms with E-state index in [-0.39, 0.29) is 11.3 Å². The standard InChI is InChI=1S/C29H40N4O4S/c1-5-30-18-14-29(26(30)35)13-8-15-32(19-29)20-11-16-31(17-12-20)24(34)23-21-9-6-7-10-22(21)38-25(23)33(27(36)37)28(2,3)4/h6-7,9-10,20H,5,8,11-19H2,1-4H3,(H,36,37). The van der Waals surface area contributed by atoms with E-state index < -0.39 is 11.6 Å². The minimum Gasteiger partial charge on any atom is -0.465 e. The number of carboxylic acid groups (broad SMARTS) is 1. The SMILES string of the molecule is CCN1CCC2(CCCN(C3CCN(C(=O)c4c(N(C(=O)O)C(C)(C)C)sc5ccccc45)CC3)C2)C1=O. The van der Waals surface area contributed by atoms with Crippen LogP contribution < -0.4 is 4.90 Å². The van der Waals surface area contributed by atoms with Gasteiger partial charge in [0.15, 0.2) is 0 Å². The molecule has 3 aliphatic rings. The Hall–Kier alpha value is -2.65. The number of anilines is 1. The highest BCUT2D eigenvalue weighted by atomic mass is 32.1. The Morgan fingerprint density at radius 2 is 1.82 bits per heavy atom. The molecule has 3 saturated heterocycles. The van der Waals surface area contributed by atoms with Crippen molar-refractivity contribution in [1.29, 1.82) is 0 Å². The quantitative estimate of drug-likeness (QED) is 0.582. The summed E-state index contributed by atoms with van der Waals surface area (Å²) in [7, 11) is 0. The van der Waals surface area contributed by atoms with E-state index in [1.165, 1.54) is 16.2 Å². The maximum absolute atomic E-state index is 14.0. The molecule has 1 aromatic carbocycles. The lowest BCUT2D eigenvalue weighted by Crippen LogP contribution is -2.54. The van der Waals surface area contributed by atoms with Crippen LogP contribution in [0.25, 0.3) is 10.1 Å². The van der Waals surface area contributed by atoms with E-state index >= 15 is 0 Å². The first-order valence-electron chi connectivity index (χ1n) is 13.9. The predicted molar refractivity (Wildman–Crippen MR) is 151 cm³/mol. The van der Waals surface area contributed by atoms with E-state index in [0.29, 0.717) is 35.6 Å². The fraction of sp³-hybridized carbons (Fsp3) is 0.621. The summed E-state index contributed by atoms with van der Waals surface area (Å²) in [6.45, 7) is 12.4. The van der Waals surface area contributed by atoms with Crippen molar-refractivity contribution in [3.8, 4) is 0 Å². The summed E-state index contributed by atoms with van der Waals surface area (Å²) < 4.78 is 0.914. The Kier molecular flexibility index (Phi) is 7.20. The second-order valence-corrected chi connectivity index (χ2v) is 13.1. The Morgan fingerprint density at radius 1 is 1.11 bits per heavy atom. The summed E-state index contributed by atoms with van der Waals surface area (Å²) in [4.78, 5) is 47.2. The molecule has 9 heteroatoms. The highest BCUT2D eigenvalue weighted by Gasteiger charge is 2.49. The third-order valence-corrected chi connectivity index (χ3v) is 9.87. The van der Waals surface area contributed by atoms with Gasteiger partial charge in [-0.25, -0.2) is 4.79 Å². The molecule has 3 aliphatic heterocycles. The summed E-state index contributed by atoms with van der Waals surface area (Å²) in [6.07, 6.45) is 3.66. The van der Waals surface area contributed by atoms with Gasteiger partial charge in [-0.05, 0) is 72.4 Å². The van der Waals surface area contributed by atoms with Crippen LogP contribution in [0.2, 0.25) is 0 Å². The van der Waals surface area contributed by atoms with Gasteiger partial charge < -0.3 is 14.9 Å². The van der Waals surface area contributed by atoms with Gasteiger partial charge in [-0.2, -0.15) is 0 Å². The number of hydrogen-bond acceptors (Lipinski definition) is 5. The Bertz CT molecular complexity index is 1230. The summed E-state index contributed by atoms with van der Waals surface area (Å²) in [5.74, 6) is 0.238. The third-order valence-electron chi connectivity index (χ3n) is 8.71. The lowest BCUT2D eigenvalue weighted by Gasteiger charge is -2.45. The van der Waals surface area contributed by atoms with E-state index in [4.69, 9.17) is 0 Å². The number of benzene rings is 1. The molecule has 4 heterocycles. The highest BCUT2D eigenvalue weighted by Crippen LogP contribution is 2.43. The third kappa shape index (κ3) is 4.68. The van der Waals surface area contributed by atoms with Gasteiger partial charge in [0.2, 0.25) is 5.91 Å². The molecule has 0 aliphatic carbocycles. The van der Waals surface area contributed by atoms with Gasteiger partial charge in [-0.3, -0.25) is 19.4 Å². The monoisotopic (exact) mass is 540 g/mol. The molecule has 8 nitrogen and oxygen atoms in total. The Balaban J connectivity index is 1.34. The average molecular weight is 541 g/mol. The van der Waals surface area contributed by atoms with Crippen LogP contribution in [0.4, 0.5) is 9.80 Å². The number of carbonyl (C=O) groups is 3. The van der Waals surface area contributed by atoms with Gasteiger partial charge in [-0.1, -0.05) is 18.2 Å². The van der Waals surface area contributed by atoms with Crippen LogP contribution in [0.3, 0.4) is 0 Å². The molecule has 3 amide bonds. The first-order valence-corrected chi connectivity index (χ1v) is 14.7. The van der Waals surface area contributed by atoms with Crippen molar-refractivity contribution < 1.29 is 19.5 Å². The zero-order chi connectivity index (χ0) is 27.2. The lowest BCUT2D eigenvalue weighted by molar-refractivity contribution is -0.139. The second kappa shape index (κ2) is 10.2. The molecule has 1 atom stereocenters. The summed E-state index contributed by atoms with van der Waals surface area (Å²) in [6, 6.07) is 8.06. The second-order valence-electron chi connectivity index (χ2n) is 12.1. The summed E-state index contributed by atoms with van der Waals surface area (Å²) in [5, 5.41) is 11.4. The van der Waals surface area contributed by atoms with Crippen LogP contribution in [-0.2, 0) is 4.79 Å². The van der Waals surface area contributed by atoms with E-state index in [1.807, 2.05) is 54.8 Å². The van der Waals surface area contributed by atoms with Crippen molar-refractivity contribution in [2.75, 3.05) is 44.2 Å². The number of carbonyl (C=O) groups excluding carboxylic acids is 2. The van der Waals surface area contributed by atoms with Gasteiger partial charge >= 0.3 is 6.09 Å². The number of thiophene rings is 1. The molecular weight excluding hydrogens is 500 g/mol. The van der Waals surface area contributed by atoms with Crippen molar-refractivity contribution in [2.45, 2.75) is 71.4 Å². The van der Waals surface area contributed by atoms with Crippen molar-refractivity contribution >= 4 is 44.3 Å². The molecule has 206 valence electrons. The first kappa shape index (κ1) is 26.9. The van der Waals surface area contributed by atoms with E-state index in [1.54, 1.807) is 0 Å². The molecule has 1 spiro atoms. The number of likely N-dealkylation sites (tertiary alicyclic amines) is 3. The molecular formula is C29H40N4O4S. The minimum atomic E-state index is -1.06. The van der Waals surface area contributed by atoms with Gasteiger partial charge in [-0.15, -0.1) is 11.3 Å². The molecule has 1 aromatic heterocycles. The molecule has 1 unspecified atom stereocenters. The van der Waals surface area contributed by atoms with Crippen molar-refractivity contribution in [2.24, 2.45) is 5.41 Å². The largest absolute Gasteiger partial charge is 0.465 e. The number of piperidine rings is 2. The minimum absolute atomic E-state index is 0.0916. The normalized spacial score (nSPS) is 23.5. The van der Waals surface area contributed by atoms with Gasteiger partial charge in [0, 0.05) is 54.4 Å². The summed E-state index contributed by atoms with van der Waals surface area (Å²) in [5.41, 5.74) is -0.419. The first-order chi connectivity index (χ1) is 18.1. The topological polar surface area (TPSA) is 84.4 Å². The number of fused-ring (bicyclic) bond motifs is 1. The fourth-order valence-corrected chi connectivity index (χ4v) is 8.10. The zero-order valence-electron chi connectivity index (χ0n) is 23.0.